The van der Waals surface area contributed by atoms with Crippen molar-refractivity contribution >= 4 is 0 Å². The second kappa shape index (κ2) is 5.68. The van der Waals surface area contributed by atoms with Crippen LogP contribution in [0.5, 0.6) is 0 Å². The molecule has 1 aromatic rings. The molecule has 17 heavy (non-hydrogen) atoms. The fourth-order valence-electron chi connectivity index (χ4n) is 3.06. The van der Waals surface area contributed by atoms with Crippen molar-refractivity contribution in [2.75, 3.05) is 0 Å². The van der Waals surface area contributed by atoms with Gasteiger partial charge in [-0.3, -0.25) is 0 Å². The van der Waals surface area contributed by atoms with Gasteiger partial charge in [-0.15, -0.1) is 0 Å². The average Bonchev–Trinajstić information content (AvgIpc) is 2.87. The highest BCUT2D eigenvalue weighted by Crippen LogP contribution is 2.39. The van der Waals surface area contributed by atoms with Crippen LogP contribution in [0, 0.1) is 11.8 Å². The quantitative estimate of drug-likeness (QED) is 0.830. The van der Waals surface area contributed by atoms with Crippen molar-refractivity contribution in [1.82, 2.24) is 0 Å². The molecular weight excluding hydrogens is 206 g/mol. The van der Waals surface area contributed by atoms with Crippen LogP contribution in [0.25, 0.3) is 0 Å². The first-order valence-corrected chi connectivity index (χ1v) is 7.09. The van der Waals surface area contributed by atoms with Crippen LogP contribution in [-0.4, -0.2) is 0 Å². The number of aryl methyl sites for hydroxylation is 1. The molecule has 0 bridgehead atoms. The minimum atomic E-state index is 0.248. The molecule has 1 fully saturated rings. The summed E-state index contributed by atoms with van der Waals surface area (Å²) in [7, 11) is 0. The Kier molecular flexibility index (Phi) is 4.22. The molecule has 2 rings (SSSR count). The Morgan fingerprint density at radius 1 is 1.18 bits per heavy atom. The SMILES string of the molecule is CCc1ccc(C(N)C2CCC(CC)C2)cc1. The summed E-state index contributed by atoms with van der Waals surface area (Å²) in [5.41, 5.74) is 9.13. The van der Waals surface area contributed by atoms with Crippen molar-refractivity contribution in [3.05, 3.63) is 35.4 Å². The summed E-state index contributed by atoms with van der Waals surface area (Å²) < 4.78 is 0. The molecule has 0 spiro atoms. The van der Waals surface area contributed by atoms with Gasteiger partial charge in [-0.2, -0.15) is 0 Å². The van der Waals surface area contributed by atoms with E-state index < -0.39 is 0 Å². The first kappa shape index (κ1) is 12.6. The van der Waals surface area contributed by atoms with Crippen molar-refractivity contribution < 1.29 is 0 Å². The van der Waals surface area contributed by atoms with Gasteiger partial charge in [0.05, 0.1) is 0 Å². The highest BCUT2D eigenvalue weighted by Gasteiger charge is 2.28. The topological polar surface area (TPSA) is 26.0 Å². The normalized spacial score (nSPS) is 26.1. The zero-order valence-electron chi connectivity index (χ0n) is 11.2. The lowest BCUT2D eigenvalue weighted by molar-refractivity contribution is 0.416. The summed E-state index contributed by atoms with van der Waals surface area (Å²) in [5.74, 6) is 1.62. The molecule has 0 amide bonds. The van der Waals surface area contributed by atoms with Crippen molar-refractivity contribution in [2.45, 2.75) is 52.0 Å². The Morgan fingerprint density at radius 3 is 2.41 bits per heavy atom. The Labute approximate surface area is 105 Å². The van der Waals surface area contributed by atoms with E-state index in [-0.39, 0.29) is 6.04 Å². The number of hydrogen-bond acceptors (Lipinski definition) is 1. The van der Waals surface area contributed by atoms with Gasteiger partial charge in [0, 0.05) is 6.04 Å². The first-order chi connectivity index (χ1) is 8.24. The van der Waals surface area contributed by atoms with E-state index >= 15 is 0 Å². The fourth-order valence-corrected chi connectivity index (χ4v) is 3.06. The van der Waals surface area contributed by atoms with E-state index in [9.17, 15) is 0 Å². The lowest BCUT2D eigenvalue weighted by Crippen LogP contribution is -2.19. The molecule has 94 valence electrons. The molecule has 0 saturated heterocycles. The van der Waals surface area contributed by atoms with E-state index in [4.69, 9.17) is 5.73 Å². The second-order valence-corrected chi connectivity index (χ2v) is 5.47. The highest BCUT2D eigenvalue weighted by molar-refractivity contribution is 5.25. The molecule has 1 saturated carbocycles. The predicted molar refractivity (Wildman–Crippen MR) is 73.9 cm³/mol. The lowest BCUT2D eigenvalue weighted by atomic mass is 9.90. The van der Waals surface area contributed by atoms with E-state index in [2.05, 4.69) is 38.1 Å². The Morgan fingerprint density at radius 2 is 1.88 bits per heavy atom. The van der Waals surface area contributed by atoms with Crippen LogP contribution >= 0.6 is 0 Å². The molecule has 1 heteroatoms. The smallest absolute Gasteiger partial charge is 0.0323 e. The second-order valence-electron chi connectivity index (χ2n) is 5.47. The number of nitrogens with two attached hydrogens (primary N) is 1. The van der Waals surface area contributed by atoms with Gasteiger partial charge in [0.2, 0.25) is 0 Å². The third kappa shape index (κ3) is 2.90. The van der Waals surface area contributed by atoms with Crippen molar-refractivity contribution in [3.8, 4) is 0 Å². The maximum Gasteiger partial charge on any atom is 0.0323 e. The van der Waals surface area contributed by atoms with Crippen molar-refractivity contribution in [2.24, 2.45) is 17.6 Å². The van der Waals surface area contributed by atoms with Gasteiger partial charge >= 0.3 is 0 Å². The monoisotopic (exact) mass is 231 g/mol. The van der Waals surface area contributed by atoms with E-state index in [1.807, 2.05) is 0 Å². The van der Waals surface area contributed by atoms with Gasteiger partial charge in [-0.1, -0.05) is 51.0 Å². The van der Waals surface area contributed by atoms with Crippen molar-refractivity contribution in [3.63, 3.8) is 0 Å². The largest absolute Gasteiger partial charge is 0.324 e. The Balaban J connectivity index is 2.01. The molecule has 3 atom stereocenters. The zero-order valence-corrected chi connectivity index (χ0v) is 11.2. The van der Waals surface area contributed by atoms with Crippen LogP contribution in [0.4, 0.5) is 0 Å². The number of rotatable bonds is 4. The van der Waals surface area contributed by atoms with E-state index in [0.717, 1.165) is 12.3 Å². The molecule has 1 aliphatic carbocycles. The molecule has 0 radical (unpaired) electrons. The summed E-state index contributed by atoms with van der Waals surface area (Å²) in [6.07, 6.45) is 6.44. The van der Waals surface area contributed by atoms with Crippen LogP contribution in [-0.2, 0) is 6.42 Å². The molecular formula is C16H25N. The number of hydrogen-bond donors (Lipinski definition) is 1. The summed E-state index contributed by atoms with van der Waals surface area (Å²) >= 11 is 0. The van der Waals surface area contributed by atoms with Gasteiger partial charge in [0.1, 0.15) is 0 Å². The van der Waals surface area contributed by atoms with Gasteiger partial charge in [0.15, 0.2) is 0 Å². The van der Waals surface area contributed by atoms with Crippen molar-refractivity contribution in [1.29, 1.82) is 0 Å². The summed E-state index contributed by atoms with van der Waals surface area (Å²) in [5, 5.41) is 0. The summed E-state index contributed by atoms with van der Waals surface area (Å²) in [6.45, 7) is 4.49. The molecule has 0 aromatic heterocycles. The maximum atomic E-state index is 6.41. The maximum absolute atomic E-state index is 6.41. The zero-order chi connectivity index (χ0) is 12.3. The molecule has 0 heterocycles. The van der Waals surface area contributed by atoms with Crippen LogP contribution in [0.3, 0.4) is 0 Å². The minimum Gasteiger partial charge on any atom is -0.324 e. The van der Waals surface area contributed by atoms with Crippen LogP contribution in [0.2, 0.25) is 0 Å². The third-order valence-corrected chi connectivity index (χ3v) is 4.44. The van der Waals surface area contributed by atoms with Crippen LogP contribution < -0.4 is 5.73 Å². The van der Waals surface area contributed by atoms with Crippen LogP contribution in [0.15, 0.2) is 24.3 Å². The highest BCUT2D eigenvalue weighted by atomic mass is 14.7. The van der Waals surface area contributed by atoms with Crippen LogP contribution in [0.1, 0.15) is 56.7 Å². The molecule has 1 aromatic carbocycles. The van der Waals surface area contributed by atoms with Gasteiger partial charge in [-0.05, 0) is 42.2 Å². The minimum absolute atomic E-state index is 0.248. The van der Waals surface area contributed by atoms with Gasteiger partial charge in [-0.25, -0.2) is 0 Å². The van der Waals surface area contributed by atoms with E-state index in [1.54, 1.807) is 0 Å². The molecule has 1 nitrogen and oxygen atoms in total. The van der Waals surface area contributed by atoms with E-state index in [0.29, 0.717) is 5.92 Å². The standard InChI is InChI=1S/C16H25N/c1-3-12-5-8-14(9-6-12)16(17)15-10-7-13(4-2)11-15/h5-6,8-9,13,15-16H,3-4,7,10-11,17H2,1-2H3. The Hall–Kier alpha value is -0.820. The van der Waals surface area contributed by atoms with Gasteiger partial charge in [0.25, 0.3) is 0 Å². The molecule has 3 unspecified atom stereocenters. The lowest BCUT2D eigenvalue weighted by Gasteiger charge is -2.20. The summed E-state index contributed by atoms with van der Waals surface area (Å²) in [4.78, 5) is 0. The average molecular weight is 231 g/mol. The van der Waals surface area contributed by atoms with E-state index in [1.165, 1.54) is 36.8 Å². The third-order valence-electron chi connectivity index (χ3n) is 4.44. The Bertz CT molecular complexity index is 341. The van der Waals surface area contributed by atoms with Gasteiger partial charge < -0.3 is 5.73 Å². The number of benzene rings is 1. The first-order valence-electron chi connectivity index (χ1n) is 7.09. The fraction of sp³-hybridized carbons (Fsp3) is 0.625. The molecule has 1 aliphatic rings. The predicted octanol–water partition coefficient (Wildman–Crippen LogP) is 4.08. The summed E-state index contributed by atoms with van der Waals surface area (Å²) in [6, 6.07) is 9.14. The molecule has 0 aliphatic heterocycles. The molecule has 2 N–H and O–H groups in total.